The lowest BCUT2D eigenvalue weighted by atomic mass is 10.2. The number of rotatable bonds is 5. The molecule has 100 valence electrons. The number of nitrogen functional groups attached to an aromatic ring is 1. The highest BCUT2D eigenvalue weighted by atomic mass is 16.5. The zero-order valence-corrected chi connectivity index (χ0v) is 11.0. The van der Waals surface area contributed by atoms with Crippen LogP contribution in [0.5, 0.6) is 11.6 Å². The van der Waals surface area contributed by atoms with Gasteiger partial charge in [-0.05, 0) is 17.7 Å². The first-order valence-corrected chi connectivity index (χ1v) is 5.88. The van der Waals surface area contributed by atoms with Gasteiger partial charge in [0.25, 0.3) is 0 Å². The molecule has 0 aliphatic rings. The molecule has 0 aliphatic heterocycles. The molecule has 5 nitrogen and oxygen atoms in total. The minimum atomic E-state index is 0.601. The van der Waals surface area contributed by atoms with Crippen LogP contribution in [0, 0.1) is 0 Å². The van der Waals surface area contributed by atoms with E-state index in [0.717, 1.165) is 17.0 Å². The number of hydrogen-bond acceptors (Lipinski definition) is 5. The van der Waals surface area contributed by atoms with Crippen LogP contribution >= 0.6 is 0 Å². The van der Waals surface area contributed by atoms with Crippen molar-refractivity contribution >= 4 is 11.4 Å². The Bertz CT molecular complexity index is 558. The third-order valence-corrected chi connectivity index (χ3v) is 2.67. The lowest BCUT2D eigenvalue weighted by molar-refractivity contribution is 0.397. The average molecular weight is 259 g/mol. The fourth-order valence-electron chi connectivity index (χ4n) is 1.72. The summed E-state index contributed by atoms with van der Waals surface area (Å²) in [4.78, 5) is 4.06. The number of aromatic nitrogens is 1. The summed E-state index contributed by atoms with van der Waals surface area (Å²) < 4.78 is 10.3. The van der Waals surface area contributed by atoms with Crippen molar-refractivity contribution in [2.75, 3.05) is 25.3 Å². The maximum Gasteiger partial charge on any atom is 0.213 e. The summed E-state index contributed by atoms with van der Waals surface area (Å²) in [6, 6.07) is 9.35. The van der Waals surface area contributed by atoms with Crippen LogP contribution in [-0.2, 0) is 6.54 Å². The second-order valence-corrected chi connectivity index (χ2v) is 4.05. The molecule has 0 amide bonds. The molecule has 5 heteroatoms. The third-order valence-electron chi connectivity index (χ3n) is 2.67. The Hall–Kier alpha value is -2.43. The Kier molecular flexibility index (Phi) is 4.07. The zero-order chi connectivity index (χ0) is 13.7. The van der Waals surface area contributed by atoms with Crippen molar-refractivity contribution in [1.29, 1.82) is 0 Å². The summed E-state index contributed by atoms with van der Waals surface area (Å²) in [5, 5.41) is 3.28. The Labute approximate surface area is 112 Å². The fraction of sp³-hybridized carbons (Fsp3) is 0.214. The zero-order valence-electron chi connectivity index (χ0n) is 11.0. The monoisotopic (exact) mass is 259 g/mol. The molecule has 0 spiro atoms. The molecule has 0 saturated carbocycles. The highest BCUT2D eigenvalue weighted by Gasteiger charge is 2.01. The molecule has 3 N–H and O–H groups in total. The Morgan fingerprint density at radius 3 is 2.74 bits per heavy atom. The molecule has 0 bridgehead atoms. The van der Waals surface area contributed by atoms with E-state index in [1.165, 1.54) is 0 Å². The summed E-state index contributed by atoms with van der Waals surface area (Å²) in [7, 11) is 3.22. The van der Waals surface area contributed by atoms with Crippen LogP contribution in [0.1, 0.15) is 5.56 Å². The lowest BCUT2D eigenvalue weighted by Crippen LogP contribution is -2.01. The maximum atomic E-state index is 5.80. The lowest BCUT2D eigenvalue weighted by Gasteiger charge is -2.10. The molecule has 0 aliphatic carbocycles. The maximum absolute atomic E-state index is 5.80. The fourth-order valence-corrected chi connectivity index (χ4v) is 1.72. The van der Waals surface area contributed by atoms with E-state index in [2.05, 4.69) is 10.3 Å². The van der Waals surface area contributed by atoms with Gasteiger partial charge in [-0.3, -0.25) is 0 Å². The third kappa shape index (κ3) is 3.51. The van der Waals surface area contributed by atoms with Crippen molar-refractivity contribution in [3.8, 4) is 11.6 Å². The number of benzene rings is 1. The number of nitrogens with zero attached hydrogens (tertiary/aromatic N) is 1. The van der Waals surface area contributed by atoms with E-state index >= 15 is 0 Å². The minimum Gasteiger partial charge on any atom is -0.497 e. The van der Waals surface area contributed by atoms with Crippen LogP contribution < -0.4 is 20.5 Å². The topological polar surface area (TPSA) is 69.4 Å². The molecule has 2 rings (SSSR count). The summed E-state index contributed by atoms with van der Waals surface area (Å²) >= 11 is 0. The van der Waals surface area contributed by atoms with Crippen molar-refractivity contribution < 1.29 is 9.47 Å². The molecule has 0 saturated heterocycles. The van der Waals surface area contributed by atoms with E-state index in [0.29, 0.717) is 18.1 Å². The Morgan fingerprint density at radius 2 is 2.00 bits per heavy atom. The number of pyridine rings is 1. The van der Waals surface area contributed by atoms with Gasteiger partial charge in [0.1, 0.15) is 5.75 Å². The minimum absolute atomic E-state index is 0.601. The average Bonchev–Trinajstić information content (AvgIpc) is 2.44. The second kappa shape index (κ2) is 5.95. The molecule has 1 aromatic carbocycles. The molecule has 1 heterocycles. The van der Waals surface area contributed by atoms with Gasteiger partial charge in [0, 0.05) is 42.3 Å². The van der Waals surface area contributed by atoms with Gasteiger partial charge in [-0.15, -0.1) is 0 Å². The van der Waals surface area contributed by atoms with E-state index in [-0.39, 0.29) is 0 Å². The molecule has 19 heavy (non-hydrogen) atoms. The van der Waals surface area contributed by atoms with Gasteiger partial charge >= 0.3 is 0 Å². The first kappa shape index (κ1) is 13.0. The van der Waals surface area contributed by atoms with E-state index in [1.807, 2.05) is 24.3 Å². The predicted molar refractivity (Wildman–Crippen MR) is 75.5 cm³/mol. The van der Waals surface area contributed by atoms with E-state index in [9.17, 15) is 0 Å². The van der Waals surface area contributed by atoms with Crippen LogP contribution in [0.25, 0.3) is 0 Å². The molecule has 0 radical (unpaired) electrons. The van der Waals surface area contributed by atoms with E-state index in [4.69, 9.17) is 15.2 Å². The molecule has 0 unspecified atom stereocenters. The molecule has 2 aromatic rings. The van der Waals surface area contributed by atoms with Gasteiger partial charge in [0.05, 0.1) is 14.2 Å². The number of ether oxygens (including phenoxy) is 2. The van der Waals surface area contributed by atoms with Crippen LogP contribution in [0.15, 0.2) is 36.5 Å². The number of hydrogen-bond donors (Lipinski definition) is 2. The van der Waals surface area contributed by atoms with Gasteiger partial charge in [0.15, 0.2) is 0 Å². The second-order valence-electron chi connectivity index (χ2n) is 4.05. The number of methoxy groups -OCH3 is 2. The smallest absolute Gasteiger partial charge is 0.213 e. The van der Waals surface area contributed by atoms with E-state index in [1.54, 1.807) is 26.5 Å². The van der Waals surface area contributed by atoms with E-state index < -0.39 is 0 Å². The van der Waals surface area contributed by atoms with Crippen LogP contribution in [0.3, 0.4) is 0 Å². The van der Waals surface area contributed by atoms with Crippen LogP contribution in [0.4, 0.5) is 11.4 Å². The number of nitrogens with two attached hydrogens (primary N) is 1. The van der Waals surface area contributed by atoms with Crippen molar-refractivity contribution in [2.45, 2.75) is 6.54 Å². The SMILES string of the molecule is COc1cc(N)cc(NCc2ccnc(OC)c2)c1. The highest BCUT2D eigenvalue weighted by Crippen LogP contribution is 2.22. The summed E-state index contributed by atoms with van der Waals surface area (Å²) in [6.45, 7) is 0.658. The van der Waals surface area contributed by atoms with Crippen molar-refractivity contribution in [1.82, 2.24) is 4.98 Å². The molecule has 0 fully saturated rings. The standard InChI is InChI=1S/C14H17N3O2/c1-18-13-7-11(15)6-12(8-13)17-9-10-3-4-16-14(5-10)19-2/h3-8,17H,9,15H2,1-2H3. The molecule has 0 atom stereocenters. The predicted octanol–water partition coefficient (Wildman–Crippen LogP) is 2.29. The summed E-state index contributed by atoms with van der Waals surface area (Å²) in [6.07, 6.45) is 1.72. The summed E-state index contributed by atoms with van der Waals surface area (Å²) in [5.74, 6) is 1.33. The normalized spacial score (nSPS) is 10.0. The Morgan fingerprint density at radius 1 is 1.16 bits per heavy atom. The van der Waals surface area contributed by atoms with Crippen molar-refractivity contribution in [2.24, 2.45) is 0 Å². The first-order valence-electron chi connectivity index (χ1n) is 5.88. The van der Waals surface area contributed by atoms with Crippen LogP contribution in [0.2, 0.25) is 0 Å². The van der Waals surface area contributed by atoms with Gasteiger partial charge < -0.3 is 20.5 Å². The van der Waals surface area contributed by atoms with Gasteiger partial charge in [0.2, 0.25) is 5.88 Å². The molecular weight excluding hydrogens is 242 g/mol. The van der Waals surface area contributed by atoms with Crippen LogP contribution in [-0.4, -0.2) is 19.2 Å². The van der Waals surface area contributed by atoms with Crippen molar-refractivity contribution in [3.63, 3.8) is 0 Å². The Balaban J connectivity index is 2.07. The first-order chi connectivity index (χ1) is 9.21. The molecular formula is C14H17N3O2. The number of anilines is 2. The molecule has 1 aromatic heterocycles. The largest absolute Gasteiger partial charge is 0.497 e. The quantitative estimate of drug-likeness (QED) is 0.806. The number of nitrogens with one attached hydrogen (secondary N) is 1. The summed E-state index contributed by atoms with van der Waals surface area (Å²) in [5.41, 5.74) is 8.45. The van der Waals surface area contributed by atoms with Gasteiger partial charge in [-0.25, -0.2) is 4.98 Å². The van der Waals surface area contributed by atoms with Gasteiger partial charge in [-0.2, -0.15) is 0 Å². The highest BCUT2D eigenvalue weighted by molar-refractivity contribution is 5.59. The van der Waals surface area contributed by atoms with Gasteiger partial charge in [-0.1, -0.05) is 0 Å². The van der Waals surface area contributed by atoms with Crippen molar-refractivity contribution in [3.05, 3.63) is 42.1 Å².